The van der Waals surface area contributed by atoms with Crippen LogP contribution in [0.2, 0.25) is 0 Å². The van der Waals surface area contributed by atoms with Gasteiger partial charge in [-0.15, -0.1) is 11.3 Å². The van der Waals surface area contributed by atoms with Crippen LogP contribution in [-0.4, -0.2) is 14.5 Å². The van der Waals surface area contributed by atoms with E-state index in [1.807, 2.05) is 23.5 Å². The standard InChI is InChI=1S/C42H29N3S/c1-26-17-20-37-33(23-26)31-19-22-39-40(32-15-9-10-16-38(32)46-39)41(31)45(37)36-21-18-30(24-27(36)2)42-43-34(28-11-5-3-6-12-28)25-35(44-42)29-13-7-4-8-14-29/h3-25H,1-2H3. The Labute approximate surface area is 271 Å². The van der Waals surface area contributed by atoms with Crippen LogP contribution in [0.5, 0.6) is 0 Å². The number of benzene rings is 6. The summed E-state index contributed by atoms with van der Waals surface area (Å²) < 4.78 is 5.10. The van der Waals surface area contributed by atoms with Crippen molar-refractivity contribution in [3.63, 3.8) is 0 Å². The van der Waals surface area contributed by atoms with Crippen molar-refractivity contribution in [1.29, 1.82) is 0 Å². The van der Waals surface area contributed by atoms with Gasteiger partial charge in [-0.05, 0) is 67.9 Å². The van der Waals surface area contributed by atoms with Crippen LogP contribution in [0.25, 0.3) is 81.6 Å². The summed E-state index contributed by atoms with van der Waals surface area (Å²) in [6.07, 6.45) is 0. The van der Waals surface area contributed by atoms with Gasteiger partial charge < -0.3 is 4.57 Å². The van der Waals surface area contributed by atoms with Crippen molar-refractivity contribution in [2.45, 2.75) is 13.8 Å². The third-order valence-corrected chi connectivity index (χ3v) is 10.1. The minimum absolute atomic E-state index is 0.721. The van der Waals surface area contributed by atoms with Crippen molar-refractivity contribution >= 4 is 53.3 Å². The molecular formula is C42H29N3S. The molecule has 0 fully saturated rings. The van der Waals surface area contributed by atoms with Crippen LogP contribution in [0.1, 0.15) is 11.1 Å². The van der Waals surface area contributed by atoms with Crippen LogP contribution in [0.15, 0.2) is 140 Å². The number of rotatable bonds is 4. The van der Waals surface area contributed by atoms with E-state index in [0.29, 0.717) is 0 Å². The monoisotopic (exact) mass is 607 g/mol. The minimum Gasteiger partial charge on any atom is -0.308 e. The number of hydrogen-bond acceptors (Lipinski definition) is 3. The van der Waals surface area contributed by atoms with Gasteiger partial charge in [0.2, 0.25) is 0 Å². The minimum atomic E-state index is 0.721. The van der Waals surface area contributed by atoms with E-state index in [2.05, 4.69) is 146 Å². The Balaban J connectivity index is 1.28. The zero-order valence-corrected chi connectivity index (χ0v) is 26.3. The lowest BCUT2D eigenvalue weighted by Gasteiger charge is -2.14. The number of aryl methyl sites for hydroxylation is 2. The van der Waals surface area contributed by atoms with E-state index in [1.54, 1.807) is 0 Å². The number of nitrogens with zero attached hydrogens (tertiary/aromatic N) is 3. The van der Waals surface area contributed by atoms with Crippen LogP contribution >= 0.6 is 11.3 Å². The highest BCUT2D eigenvalue weighted by atomic mass is 32.1. The fourth-order valence-electron chi connectivity index (χ4n) is 6.81. The first-order valence-corrected chi connectivity index (χ1v) is 16.4. The van der Waals surface area contributed by atoms with Gasteiger partial charge in [0.05, 0.1) is 22.4 Å². The predicted octanol–water partition coefficient (Wildman–Crippen LogP) is 11.6. The van der Waals surface area contributed by atoms with Crippen molar-refractivity contribution in [2.24, 2.45) is 0 Å². The van der Waals surface area contributed by atoms with Crippen molar-refractivity contribution in [3.05, 3.63) is 151 Å². The summed E-state index contributed by atoms with van der Waals surface area (Å²) in [6.45, 7) is 4.38. The molecule has 6 aromatic carbocycles. The molecule has 0 amide bonds. The Morgan fingerprint density at radius 1 is 0.522 bits per heavy atom. The molecule has 0 saturated heterocycles. The molecule has 0 aliphatic rings. The van der Waals surface area contributed by atoms with Gasteiger partial charge >= 0.3 is 0 Å². The summed E-state index contributed by atoms with van der Waals surface area (Å²) in [5.41, 5.74) is 11.0. The summed E-state index contributed by atoms with van der Waals surface area (Å²) in [5.74, 6) is 0.721. The maximum Gasteiger partial charge on any atom is 0.160 e. The Bertz CT molecular complexity index is 2540. The van der Waals surface area contributed by atoms with E-state index in [1.165, 1.54) is 53.1 Å². The third-order valence-electron chi connectivity index (χ3n) is 8.98. The van der Waals surface area contributed by atoms with Crippen LogP contribution in [-0.2, 0) is 0 Å². The molecule has 0 spiro atoms. The van der Waals surface area contributed by atoms with Gasteiger partial charge in [0, 0.05) is 53.3 Å². The normalized spacial score (nSPS) is 11.7. The van der Waals surface area contributed by atoms with Gasteiger partial charge in [-0.3, -0.25) is 0 Å². The maximum atomic E-state index is 5.09. The van der Waals surface area contributed by atoms with Crippen molar-refractivity contribution in [3.8, 4) is 39.6 Å². The largest absolute Gasteiger partial charge is 0.308 e. The SMILES string of the molecule is Cc1ccc2c(c1)c1ccc3sc4ccccc4c3c1n2-c1ccc(-c2nc(-c3ccccc3)cc(-c3ccccc3)n2)cc1C. The lowest BCUT2D eigenvalue weighted by Crippen LogP contribution is -2.00. The van der Waals surface area contributed by atoms with E-state index in [9.17, 15) is 0 Å². The molecule has 0 N–H and O–H groups in total. The number of hydrogen-bond donors (Lipinski definition) is 0. The molecule has 0 radical (unpaired) electrons. The molecule has 0 atom stereocenters. The number of aromatic nitrogens is 3. The Morgan fingerprint density at radius 2 is 1.22 bits per heavy atom. The highest BCUT2D eigenvalue weighted by molar-refractivity contribution is 7.26. The molecule has 46 heavy (non-hydrogen) atoms. The van der Waals surface area contributed by atoms with Crippen LogP contribution in [0, 0.1) is 13.8 Å². The summed E-state index contributed by atoms with van der Waals surface area (Å²) in [5, 5.41) is 5.19. The topological polar surface area (TPSA) is 30.7 Å². The van der Waals surface area contributed by atoms with Crippen molar-refractivity contribution in [1.82, 2.24) is 14.5 Å². The highest BCUT2D eigenvalue weighted by Crippen LogP contribution is 2.43. The van der Waals surface area contributed by atoms with Crippen LogP contribution < -0.4 is 0 Å². The zero-order valence-electron chi connectivity index (χ0n) is 25.5. The van der Waals surface area contributed by atoms with E-state index < -0.39 is 0 Å². The van der Waals surface area contributed by atoms with E-state index in [4.69, 9.17) is 9.97 Å². The Morgan fingerprint density at radius 3 is 1.93 bits per heavy atom. The second-order valence-corrected chi connectivity index (χ2v) is 13.1. The van der Waals surface area contributed by atoms with E-state index >= 15 is 0 Å². The molecule has 0 aliphatic heterocycles. The predicted molar refractivity (Wildman–Crippen MR) is 195 cm³/mol. The molecule has 3 nitrogen and oxygen atoms in total. The molecule has 3 aromatic heterocycles. The maximum absolute atomic E-state index is 5.09. The average molecular weight is 608 g/mol. The van der Waals surface area contributed by atoms with Crippen LogP contribution in [0.3, 0.4) is 0 Å². The summed E-state index contributed by atoms with van der Waals surface area (Å²) in [4.78, 5) is 10.2. The molecule has 9 aromatic rings. The molecule has 9 rings (SSSR count). The van der Waals surface area contributed by atoms with Crippen molar-refractivity contribution in [2.75, 3.05) is 0 Å². The fraction of sp³-hybridized carbons (Fsp3) is 0.0476. The molecule has 218 valence electrons. The van der Waals surface area contributed by atoms with Gasteiger partial charge in [-0.2, -0.15) is 0 Å². The molecule has 4 heteroatoms. The van der Waals surface area contributed by atoms with Gasteiger partial charge in [0.15, 0.2) is 5.82 Å². The van der Waals surface area contributed by atoms with Crippen LogP contribution in [0.4, 0.5) is 0 Å². The van der Waals surface area contributed by atoms with E-state index in [-0.39, 0.29) is 0 Å². The molecule has 0 aliphatic carbocycles. The molecule has 0 saturated carbocycles. The first-order valence-electron chi connectivity index (χ1n) is 15.6. The first-order chi connectivity index (χ1) is 22.6. The zero-order chi connectivity index (χ0) is 30.8. The Kier molecular flexibility index (Phi) is 6.12. The number of fused-ring (bicyclic) bond motifs is 7. The van der Waals surface area contributed by atoms with Crippen molar-refractivity contribution < 1.29 is 0 Å². The molecule has 3 heterocycles. The molecule has 0 bridgehead atoms. The molecular weight excluding hydrogens is 579 g/mol. The lowest BCUT2D eigenvalue weighted by atomic mass is 10.0. The third kappa shape index (κ3) is 4.26. The first kappa shape index (κ1) is 26.8. The summed E-state index contributed by atoms with van der Waals surface area (Å²) in [6, 6.07) is 49.7. The highest BCUT2D eigenvalue weighted by Gasteiger charge is 2.20. The average Bonchev–Trinajstić information content (AvgIpc) is 3.64. The number of thiophene rings is 1. The lowest BCUT2D eigenvalue weighted by molar-refractivity contribution is 1.14. The Hall–Kier alpha value is -5.58. The smallest absolute Gasteiger partial charge is 0.160 e. The van der Waals surface area contributed by atoms with E-state index in [0.717, 1.165) is 39.6 Å². The summed E-state index contributed by atoms with van der Waals surface area (Å²) >= 11 is 1.87. The summed E-state index contributed by atoms with van der Waals surface area (Å²) in [7, 11) is 0. The fourth-order valence-corrected chi connectivity index (χ4v) is 7.92. The van der Waals surface area contributed by atoms with Gasteiger partial charge in [-0.25, -0.2) is 9.97 Å². The second kappa shape index (κ2) is 10.5. The molecule has 0 unspecified atom stereocenters. The quantitative estimate of drug-likeness (QED) is 0.199. The van der Waals surface area contributed by atoms with Gasteiger partial charge in [0.25, 0.3) is 0 Å². The van der Waals surface area contributed by atoms with Gasteiger partial charge in [-0.1, -0.05) is 96.6 Å². The van der Waals surface area contributed by atoms with Gasteiger partial charge in [0.1, 0.15) is 0 Å². The second-order valence-electron chi connectivity index (χ2n) is 12.0.